The van der Waals surface area contributed by atoms with Gasteiger partial charge < -0.3 is 23.8 Å². The Bertz CT molecular complexity index is 1220. The van der Waals surface area contributed by atoms with Crippen LogP contribution in [0.1, 0.15) is 35.6 Å². The Hall–Kier alpha value is -3.55. The highest BCUT2D eigenvalue weighted by molar-refractivity contribution is 5.85. The first kappa shape index (κ1) is 22.3. The van der Waals surface area contributed by atoms with Crippen LogP contribution >= 0.6 is 0 Å². The van der Waals surface area contributed by atoms with Gasteiger partial charge in [0.05, 0.1) is 20.6 Å². The molecule has 8 nitrogen and oxygen atoms in total. The van der Waals surface area contributed by atoms with Crippen molar-refractivity contribution in [2.75, 3.05) is 33.9 Å². The average molecular weight is 464 g/mol. The first-order valence-electron chi connectivity index (χ1n) is 11.7. The monoisotopic (exact) mass is 463 g/mol. The summed E-state index contributed by atoms with van der Waals surface area (Å²) in [5.74, 6) is 1.66. The number of hydrogen-bond donors (Lipinski definition) is 0. The second-order valence-corrected chi connectivity index (χ2v) is 9.23. The van der Waals surface area contributed by atoms with Crippen LogP contribution < -0.4 is 15.0 Å². The molecule has 0 saturated carbocycles. The Balaban J connectivity index is 1.24. The van der Waals surface area contributed by atoms with Gasteiger partial charge in [-0.15, -0.1) is 0 Å². The summed E-state index contributed by atoms with van der Waals surface area (Å²) in [6, 6.07) is 9.10. The molecule has 3 aliphatic heterocycles. The second kappa shape index (κ2) is 9.00. The quantitative estimate of drug-likeness (QED) is 0.680. The minimum absolute atomic E-state index is 0.0367. The molecule has 1 fully saturated rings. The van der Waals surface area contributed by atoms with Crippen LogP contribution in [0.25, 0.3) is 6.08 Å². The number of carbonyl (C=O) groups excluding carboxylic acids is 2. The van der Waals surface area contributed by atoms with Crippen molar-refractivity contribution in [1.82, 2.24) is 14.4 Å². The molecule has 0 spiro atoms. The third-order valence-electron chi connectivity index (χ3n) is 7.14. The zero-order valence-corrected chi connectivity index (χ0v) is 19.5. The molecule has 4 heterocycles. The summed E-state index contributed by atoms with van der Waals surface area (Å²) < 4.78 is 12.6. The number of likely N-dealkylation sites (tertiary alicyclic amines) is 1. The van der Waals surface area contributed by atoms with E-state index in [9.17, 15) is 14.4 Å². The predicted molar refractivity (Wildman–Crippen MR) is 127 cm³/mol. The molecule has 2 aromatic rings. The van der Waals surface area contributed by atoms with Crippen molar-refractivity contribution >= 4 is 17.9 Å². The van der Waals surface area contributed by atoms with Crippen molar-refractivity contribution in [1.29, 1.82) is 0 Å². The molecule has 2 amide bonds. The smallest absolute Gasteiger partial charge is 0.250 e. The molecule has 1 aromatic carbocycles. The molecule has 8 heteroatoms. The number of fused-ring (bicyclic) bond motifs is 5. The Morgan fingerprint density at radius 1 is 1.06 bits per heavy atom. The van der Waals surface area contributed by atoms with Gasteiger partial charge in [0.15, 0.2) is 11.5 Å². The summed E-state index contributed by atoms with van der Waals surface area (Å²) in [5.41, 5.74) is 2.83. The number of carbonyl (C=O) groups is 2. The fraction of sp³-hybridized carbons (Fsp3) is 0.423. The largest absolute Gasteiger partial charge is 0.493 e. The summed E-state index contributed by atoms with van der Waals surface area (Å²) in [6.45, 7) is 2.27. The van der Waals surface area contributed by atoms with Gasteiger partial charge in [-0.25, -0.2) is 0 Å². The molecule has 0 N–H and O–H groups in total. The van der Waals surface area contributed by atoms with Crippen molar-refractivity contribution in [3.8, 4) is 11.5 Å². The summed E-state index contributed by atoms with van der Waals surface area (Å²) in [4.78, 5) is 41.7. The molecular weight excluding hydrogens is 434 g/mol. The molecular formula is C26H29N3O5. The topological polar surface area (TPSA) is 81.1 Å². The summed E-state index contributed by atoms with van der Waals surface area (Å²) in [5, 5.41) is 0. The maximum absolute atomic E-state index is 13.1. The molecule has 0 unspecified atom stereocenters. The molecule has 3 aliphatic rings. The van der Waals surface area contributed by atoms with Crippen LogP contribution in [0.4, 0.5) is 0 Å². The highest BCUT2D eigenvalue weighted by Crippen LogP contribution is 2.35. The van der Waals surface area contributed by atoms with Crippen LogP contribution in [0.5, 0.6) is 11.5 Å². The lowest BCUT2D eigenvalue weighted by Gasteiger charge is -2.42. The SMILES string of the molecule is COc1cc2c(cc1OC)CC(=O)N(CCC(=O)N1C[C@H]3C[C@@H](C1)c1cccc(=O)n1C3)C=C2. The van der Waals surface area contributed by atoms with Crippen molar-refractivity contribution in [3.05, 3.63) is 63.7 Å². The lowest BCUT2D eigenvalue weighted by molar-refractivity contribution is -0.135. The number of rotatable bonds is 5. The highest BCUT2D eigenvalue weighted by atomic mass is 16.5. The predicted octanol–water partition coefficient (Wildman–Crippen LogP) is 2.26. The zero-order valence-electron chi connectivity index (χ0n) is 19.5. The van der Waals surface area contributed by atoms with Gasteiger partial charge in [0.2, 0.25) is 11.8 Å². The highest BCUT2D eigenvalue weighted by Gasteiger charge is 2.36. The lowest BCUT2D eigenvalue weighted by atomic mass is 9.83. The molecule has 34 heavy (non-hydrogen) atoms. The summed E-state index contributed by atoms with van der Waals surface area (Å²) in [7, 11) is 3.15. The van der Waals surface area contributed by atoms with E-state index in [4.69, 9.17) is 9.47 Å². The average Bonchev–Trinajstić information content (AvgIpc) is 2.99. The van der Waals surface area contributed by atoms with Crippen LogP contribution in [-0.2, 0) is 22.6 Å². The Morgan fingerprint density at radius 2 is 1.85 bits per heavy atom. The number of nitrogens with zero attached hydrogens (tertiary/aromatic N) is 3. The van der Waals surface area contributed by atoms with Crippen LogP contribution in [0.2, 0.25) is 0 Å². The first-order chi connectivity index (χ1) is 16.5. The Kier molecular flexibility index (Phi) is 5.89. The lowest BCUT2D eigenvalue weighted by Crippen LogP contribution is -2.49. The van der Waals surface area contributed by atoms with Crippen molar-refractivity contribution in [2.24, 2.45) is 5.92 Å². The first-order valence-corrected chi connectivity index (χ1v) is 11.7. The number of benzene rings is 1. The van der Waals surface area contributed by atoms with E-state index in [2.05, 4.69) is 0 Å². The van der Waals surface area contributed by atoms with Crippen molar-refractivity contribution in [2.45, 2.75) is 31.7 Å². The van der Waals surface area contributed by atoms with E-state index in [0.29, 0.717) is 37.7 Å². The summed E-state index contributed by atoms with van der Waals surface area (Å²) >= 11 is 0. The van der Waals surface area contributed by atoms with Gasteiger partial charge in [0, 0.05) is 56.5 Å². The van der Waals surface area contributed by atoms with E-state index in [0.717, 1.165) is 23.2 Å². The van der Waals surface area contributed by atoms with Gasteiger partial charge >= 0.3 is 0 Å². The number of hydrogen-bond acceptors (Lipinski definition) is 5. The number of amides is 2. The van der Waals surface area contributed by atoms with Crippen LogP contribution in [-0.4, -0.2) is 60.0 Å². The van der Waals surface area contributed by atoms with Crippen LogP contribution in [0, 0.1) is 5.92 Å². The van der Waals surface area contributed by atoms with E-state index in [1.807, 2.05) is 33.7 Å². The molecule has 0 radical (unpaired) electrons. The van der Waals surface area contributed by atoms with Gasteiger partial charge in [0.25, 0.3) is 5.56 Å². The molecule has 178 valence electrons. The standard InChI is InChI=1S/C26H29N3O5/c1-33-22-11-18-6-8-27(26(32)13-19(18)12-23(22)34-2)9-7-24(30)28-14-17-10-20(16-28)21-4-3-5-25(31)29(21)15-17/h3-6,8,11-12,17,20H,7,9-10,13-16H2,1-2H3/t17-,20+/m1/s1. The molecule has 0 aliphatic carbocycles. The number of pyridine rings is 1. The molecule has 5 rings (SSSR count). The van der Waals surface area contributed by atoms with Gasteiger partial charge in [0.1, 0.15) is 0 Å². The van der Waals surface area contributed by atoms with E-state index in [1.54, 1.807) is 37.5 Å². The maximum Gasteiger partial charge on any atom is 0.250 e. The number of aromatic nitrogens is 1. The van der Waals surface area contributed by atoms with Gasteiger partial charge in [-0.3, -0.25) is 14.4 Å². The number of piperidine rings is 1. The second-order valence-electron chi connectivity index (χ2n) is 9.23. The fourth-order valence-corrected chi connectivity index (χ4v) is 5.44. The van der Waals surface area contributed by atoms with E-state index in [1.165, 1.54) is 0 Å². The van der Waals surface area contributed by atoms with Crippen molar-refractivity contribution in [3.63, 3.8) is 0 Å². The molecule has 2 atom stereocenters. The molecule has 1 saturated heterocycles. The minimum Gasteiger partial charge on any atom is -0.493 e. The zero-order chi connectivity index (χ0) is 23.8. The normalized spacial score (nSPS) is 20.9. The third-order valence-corrected chi connectivity index (χ3v) is 7.14. The van der Waals surface area contributed by atoms with Gasteiger partial charge in [-0.2, -0.15) is 0 Å². The number of methoxy groups -OCH3 is 2. The fourth-order valence-electron chi connectivity index (χ4n) is 5.44. The minimum atomic E-state index is -0.0566. The van der Waals surface area contributed by atoms with E-state index < -0.39 is 0 Å². The molecule has 1 aromatic heterocycles. The third kappa shape index (κ3) is 4.08. The summed E-state index contributed by atoms with van der Waals surface area (Å²) in [6.07, 6.45) is 5.13. The van der Waals surface area contributed by atoms with Gasteiger partial charge in [-0.05, 0) is 47.7 Å². The van der Waals surface area contributed by atoms with E-state index in [-0.39, 0.29) is 42.1 Å². The Morgan fingerprint density at radius 3 is 2.65 bits per heavy atom. The van der Waals surface area contributed by atoms with Gasteiger partial charge in [-0.1, -0.05) is 6.07 Å². The van der Waals surface area contributed by atoms with Crippen LogP contribution in [0.3, 0.4) is 0 Å². The van der Waals surface area contributed by atoms with Crippen molar-refractivity contribution < 1.29 is 19.1 Å². The van der Waals surface area contributed by atoms with Crippen LogP contribution in [0.15, 0.2) is 41.3 Å². The molecule has 2 bridgehead atoms. The maximum atomic E-state index is 13.1. The van der Waals surface area contributed by atoms with E-state index >= 15 is 0 Å². The number of ether oxygens (including phenoxy) is 2. The Labute approximate surface area is 198 Å².